The Hall–Kier alpha value is -0.180. The molecule has 1 atom stereocenters. The van der Waals surface area contributed by atoms with E-state index in [2.05, 4.69) is 17.4 Å². The van der Waals surface area contributed by atoms with E-state index in [1.54, 1.807) is 6.92 Å². The summed E-state index contributed by atoms with van der Waals surface area (Å²) in [6, 6.07) is 0. The van der Waals surface area contributed by atoms with Crippen molar-refractivity contribution in [2.24, 2.45) is 0 Å². The van der Waals surface area contributed by atoms with E-state index in [1.165, 1.54) is 0 Å². The molecule has 0 radical (unpaired) electrons. The lowest BCUT2D eigenvalue weighted by molar-refractivity contribution is -0.134. The highest BCUT2D eigenvalue weighted by molar-refractivity contribution is 7.81. The van der Waals surface area contributed by atoms with E-state index in [0.29, 0.717) is 6.47 Å². The van der Waals surface area contributed by atoms with Gasteiger partial charge in [-0.1, -0.05) is 6.92 Å². The molecule has 0 amide bonds. The molecule has 1 unspecified atom stereocenters. The van der Waals surface area contributed by atoms with E-state index in [1.807, 2.05) is 6.92 Å². The SMILES string of the molecule is CCC(C)(S)OC=O. The quantitative estimate of drug-likeness (QED) is 0.357. The molecule has 8 heavy (non-hydrogen) atoms. The molecule has 0 aliphatic heterocycles. The molecule has 0 aromatic rings. The number of rotatable bonds is 3. The van der Waals surface area contributed by atoms with E-state index in [9.17, 15) is 4.79 Å². The Morgan fingerprint density at radius 1 is 1.88 bits per heavy atom. The van der Waals surface area contributed by atoms with Crippen molar-refractivity contribution in [3.63, 3.8) is 0 Å². The lowest BCUT2D eigenvalue weighted by Gasteiger charge is -2.17. The smallest absolute Gasteiger partial charge is 0.294 e. The lowest BCUT2D eigenvalue weighted by Crippen LogP contribution is -2.18. The normalized spacial score (nSPS) is 16.9. The summed E-state index contributed by atoms with van der Waals surface area (Å²) in [5.74, 6) is 0. The van der Waals surface area contributed by atoms with Crippen LogP contribution in [0.2, 0.25) is 0 Å². The Morgan fingerprint density at radius 2 is 2.38 bits per heavy atom. The third-order valence-electron chi connectivity index (χ3n) is 0.958. The molecule has 0 aromatic heterocycles. The van der Waals surface area contributed by atoms with Gasteiger partial charge >= 0.3 is 0 Å². The van der Waals surface area contributed by atoms with Gasteiger partial charge in [-0.15, -0.1) is 12.6 Å². The molecule has 0 saturated carbocycles. The molecule has 0 N–H and O–H groups in total. The minimum Gasteiger partial charge on any atom is -0.451 e. The first-order valence-corrected chi connectivity index (χ1v) is 2.91. The summed E-state index contributed by atoms with van der Waals surface area (Å²) in [4.78, 5) is 9.13. The van der Waals surface area contributed by atoms with Gasteiger partial charge in [0.05, 0.1) is 0 Å². The van der Waals surface area contributed by atoms with Gasteiger partial charge in [-0.05, 0) is 13.3 Å². The highest BCUT2D eigenvalue weighted by Gasteiger charge is 2.15. The van der Waals surface area contributed by atoms with Gasteiger partial charge in [0.15, 0.2) is 4.93 Å². The second-order valence-corrected chi connectivity index (χ2v) is 2.69. The van der Waals surface area contributed by atoms with Crippen molar-refractivity contribution < 1.29 is 9.53 Å². The zero-order chi connectivity index (χ0) is 6.62. The van der Waals surface area contributed by atoms with Crippen LogP contribution in [-0.4, -0.2) is 11.4 Å². The van der Waals surface area contributed by atoms with Crippen molar-refractivity contribution in [3.05, 3.63) is 0 Å². The maximum atomic E-state index is 9.71. The largest absolute Gasteiger partial charge is 0.451 e. The van der Waals surface area contributed by atoms with Crippen molar-refractivity contribution in [2.45, 2.75) is 25.2 Å². The first-order valence-electron chi connectivity index (χ1n) is 2.46. The van der Waals surface area contributed by atoms with E-state index >= 15 is 0 Å². The number of hydrogen-bond donors (Lipinski definition) is 1. The summed E-state index contributed by atoms with van der Waals surface area (Å²) in [5.41, 5.74) is 0. The Morgan fingerprint density at radius 3 is 2.50 bits per heavy atom. The molecule has 48 valence electrons. The number of thiol groups is 1. The van der Waals surface area contributed by atoms with Crippen LogP contribution in [0.25, 0.3) is 0 Å². The fourth-order valence-electron chi connectivity index (χ4n) is 0.187. The third kappa shape index (κ3) is 2.91. The van der Waals surface area contributed by atoms with Gasteiger partial charge in [0.1, 0.15) is 0 Å². The molecule has 0 heterocycles. The van der Waals surface area contributed by atoms with Crippen molar-refractivity contribution in [3.8, 4) is 0 Å². The zero-order valence-electron chi connectivity index (χ0n) is 5.05. The highest BCUT2D eigenvalue weighted by Crippen LogP contribution is 2.17. The maximum absolute atomic E-state index is 9.71. The molecule has 0 saturated heterocycles. The molecule has 3 heteroatoms. The summed E-state index contributed by atoms with van der Waals surface area (Å²) >= 11 is 4.01. The fraction of sp³-hybridized carbons (Fsp3) is 0.800. The van der Waals surface area contributed by atoms with Gasteiger partial charge < -0.3 is 4.74 Å². The molecule has 0 fully saturated rings. The molecule has 2 nitrogen and oxygen atoms in total. The first kappa shape index (κ1) is 7.82. The predicted molar refractivity (Wildman–Crippen MR) is 34.8 cm³/mol. The maximum Gasteiger partial charge on any atom is 0.294 e. The molecule has 0 rings (SSSR count). The minimum atomic E-state index is -0.582. The molecule has 0 aromatic carbocycles. The summed E-state index contributed by atoms with van der Waals surface area (Å²) in [5, 5.41) is 0. The monoisotopic (exact) mass is 134 g/mol. The molecular formula is C5H10O2S. The summed E-state index contributed by atoms with van der Waals surface area (Å²) in [6.45, 7) is 4.05. The fourth-order valence-corrected chi connectivity index (χ4v) is 0.230. The number of carbonyl (C=O) groups is 1. The Kier molecular flexibility index (Phi) is 2.90. The van der Waals surface area contributed by atoms with Crippen LogP contribution in [0.5, 0.6) is 0 Å². The number of ether oxygens (including phenoxy) is 1. The lowest BCUT2D eigenvalue weighted by atomic mass is 10.3. The Bertz CT molecular complexity index is 80.5. The molecule has 0 aliphatic carbocycles. The van der Waals surface area contributed by atoms with Crippen molar-refractivity contribution in [2.75, 3.05) is 0 Å². The average molecular weight is 134 g/mol. The van der Waals surface area contributed by atoms with Crippen LogP contribution in [0.15, 0.2) is 0 Å². The Balaban J connectivity index is 3.53. The van der Waals surface area contributed by atoms with Crippen molar-refractivity contribution in [1.82, 2.24) is 0 Å². The van der Waals surface area contributed by atoms with Gasteiger partial charge in [0.2, 0.25) is 0 Å². The van der Waals surface area contributed by atoms with Crippen LogP contribution in [0.1, 0.15) is 20.3 Å². The van der Waals surface area contributed by atoms with E-state index < -0.39 is 4.93 Å². The summed E-state index contributed by atoms with van der Waals surface area (Å²) in [6.07, 6.45) is 0.717. The van der Waals surface area contributed by atoms with Crippen LogP contribution in [0.4, 0.5) is 0 Å². The van der Waals surface area contributed by atoms with Crippen molar-refractivity contribution >= 4 is 19.1 Å². The van der Waals surface area contributed by atoms with Gasteiger partial charge in [-0.3, -0.25) is 4.79 Å². The second-order valence-electron chi connectivity index (χ2n) is 1.74. The van der Waals surface area contributed by atoms with E-state index in [0.717, 1.165) is 6.42 Å². The van der Waals surface area contributed by atoms with Gasteiger partial charge in [0.25, 0.3) is 6.47 Å². The Labute approximate surface area is 54.6 Å². The number of hydrogen-bond acceptors (Lipinski definition) is 3. The van der Waals surface area contributed by atoms with Crippen LogP contribution in [0.3, 0.4) is 0 Å². The topological polar surface area (TPSA) is 26.3 Å². The third-order valence-corrected chi connectivity index (χ3v) is 1.38. The molecular weight excluding hydrogens is 124 g/mol. The van der Waals surface area contributed by atoms with Gasteiger partial charge in [-0.25, -0.2) is 0 Å². The standard InChI is InChI=1S/C5H10O2S/c1-3-5(2,8)7-4-6/h4,8H,3H2,1-2H3. The van der Waals surface area contributed by atoms with Crippen LogP contribution >= 0.6 is 12.6 Å². The van der Waals surface area contributed by atoms with Crippen LogP contribution in [0, 0.1) is 0 Å². The molecule has 0 bridgehead atoms. The minimum absolute atomic E-state index is 0.413. The predicted octanol–water partition coefficient (Wildman–Crippen LogP) is 1.22. The first-order chi connectivity index (χ1) is 3.62. The van der Waals surface area contributed by atoms with Gasteiger partial charge in [-0.2, -0.15) is 0 Å². The average Bonchev–Trinajstić information content (AvgIpc) is 1.67. The number of carbonyl (C=O) groups excluding carboxylic acids is 1. The summed E-state index contributed by atoms with van der Waals surface area (Å²) in [7, 11) is 0. The van der Waals surface area contributed by atoms with Crippen LogP contribution < -0.4 is 0 Å². The highest BCUT2D eigenvalue weighted by atomic mass is 32.1. The van der Waals surface area contributed by atoms with Crippen LogP contribution in [-0.2, 0) is 9.53 Å². The van der Waals surface area contributed by atoms with E-state index in [4.69, 9.17) is 0 Å². The summed E-state index contributed by atoms with van der Waals surface area (Å²) < 4.78 is 4.56. The second kappa shape index (κ2) is 2.97. The van der Waals surface area contributed by atoms with Gasteiger partial charge in [0, 0.05) is 0 Å². The van der Waals surface area contributed by atoms with E-state index in [-0.39, 0.29) is 0 Å². The van der Waals surface area contributed by atoms with Crippen molar-refractivity contribution in [1.29, 1.82) is 0 Å². The molecule has 0 aliphatic rings. The molecule has 0 spiro atoms. The zero-order valence-corrected chi connectivity index (χ0v) is 5.94.